The molecule has 3 N–H and O–H groups in total. The van der Waals surface area contributed by atoms with Crippen LogP contribution >= 0.6 is 0 Å². The molecule has 3 aliphatic carbocycles. The van der Waals surface area contributed by atoms with E-state index in [1.807, 2.05) is 24.3 Å². The van der Waals surface area contributed by atoms with Crippen LogP contribution in [0.3, 0.4) is 0 Å². The van der Waals surface area contributed by atoms with Gasteiger partial charge in [0.1, 0.15) is 12.6 Å². The van der Waals surface area contributed by atoms with Crippen LogP contribution in [0.25, 0.3) is 11.1 Å². The summed E-state index contributed by atoms with van der Waals surface area (Å²) < 4.78 is 5.58. The zero-order chi connectivity index (χ0) is 23.7. The summed E-state index contributed by atoms with van der Waals surface area (Å²) in [6.45, 7) is 0.345. The van der Waals surface area contributed by atoms with Crippen LogP contribution in [0.5, 0.6) is 0 Å². The lowest BCUT2D eigenvalue weighted by Gasteiger charge is -2.21. The van der Waals surface area contributed by atoms with E-state index in [0.29, 0.717) is 12.3 Å². The molecule has 178 valence electrons. The van der Waals surface area contributed by atoms with Crippen molar-refractivity contribution in [3.05, 3.63) is 59.7 Å². The number of amides is 2. The Labute approximate surface area is 198 Å². The summed E-state index contributed by atoms with van der Waals surface area (Å²) in [7, 11) is 0. The van der Waals surface area contributed by atoms with Crippen molar-refractivity contribution in [2.24, 2.45) is 17.8 Å². The molecule has 0 aromatic heterocycles. The van der Waals surface area contributed by atoms with Crippen molar-refractivity contribution in [3.63, 3.8) is 0 Å². The number of carboxylic acid groups (broad SMARTS) is 1. The Morgan fingerprint density at radius 1 is 0.941 bits per heavy atom. The summed E-state index contributed by atoms with van der Waals surface area (Å²) >= 11 is 0. The van der Waals surface area contributed by atoms with Gasteiger partial charge in [0.2, 0.25) is 5.91 Å². The van der Waals surface area contributed by atoms with Crippen LogP contribution < -0.4 is 10.6 Å². The molecular formula is C27H30N2O5. The third-order valence-electron chi connectivity index (χ3n) is 7.18. The molecule has 5 rings (SSSR count). The predicted octanol–water partition coefficient (Wildman–Crippen LogP) is 3.92. The smallest absolute Gasteiger partial charge is 0.407 e. The Balaban J connectivity index is 1.18. The fourth-order valence-corrected chi connectivity index (χ4v) is 4.98. The maximum absolute atomic E-state index is 12.8. The van der Waals surface area contributed by atoms with Gasteiger partial charge in [-0.25, -0.2) is 9.59 Å². The highest BCUT2D eigenvalue weighted by molar-refractivity contribution is 5.86. The van der Waals surface area contributed by atoms with Gasteiger partial charge in [0.25, 0.3) is 0 Å². The molecule has 0 bridgehead atoms. The van der Waals surface area contributed by atoms with Crippen molar-refractivity contribution < 1.29 is 24.2 Å². The average molecular weight is 463 g/mol. The van der Waals surface area contributed by atoms with Gasteiger partial charge in [-0.05, 0) is 53.4 Å². The number of fused-ring (bicyclic) bond motifs is 3. The first-order chi connectivity index (χ1) is 16.5. The van der Waals surface area contributed by atoms with E-state index >= 15 is 0 Å². The largest absolute Gasteiger partial charge is 0.480 e. The third kappa shape index (κ3) is 4.93. The molecule has 34 heavy (non-hydrogen) atoms. The van der Waals surface area contributed by atoms with E-state index < -0.39 is 24.0 Å². The Kier molecular flexibility index (Phi) is 6.26. The fourth-order valence-electron chi connectivity index (χ4n) is 4.98. The number of carbonyl (C=O) groups is 3. The second-order valence-corrected chi connectivity index (χ2v) is 9.74. The summed E-state index contributed by atoms with van der Waals surface area (Å²) in [6.07, 6.45) is 3.87. The highest BCUT2D eigenvalue weighted by Crippen LogP contribution is 2.44. The van der Waals surface area contributed by atoms with E-state index in [1.54, 1.807) is 0 Å². The van der Waals surface area contributed by atoms with Crippen LogP contribution in [0.15, 0.2) is 48.5 Å². The summed E-state index contributed by atoms with van der Waals surface area (Å²) in [5.74, 6) is -1.31. The Hall–Kier alpha value is -3.35. The highest BCUT2D eigenvalue weighted by Gasteiger charge is 2.39. The minimum atomic E-state index is -0.995. The molecule has 2 atom stereocenters. The molecule has 7 nitrogen and oxygen atoms in total. The van der Waals surface area contributed by atoms with Gasteiger partial charge in [0, 0.05) is 12.5 Å². The molecule has 2 fully saturated rings. The van der Waals surface area contributed by atoms with E-state index in [1.165, 1.54) is 0 Å². The van der Waals surface area contributed by atoms with Gasteiger partial charge in [-0.3, -0.25) is 4.79 Å². The highest BCUT2D eigenvalue weighted by atomic mass is 16.5. The summed E-state index contributed by atoms with van der Waals surface area (Å²) in [5, 5.41) is 14.9. The van der Waals surface area contributed by atoms with E-state index in [4.69, 9.17) is 4.74 Å². The number of carboxylic acids is 1. The minimum Gasteiger partial charge on any atom is -0.480 e. The first-order valence-corrected chi connectivity index (χ1v) is 12.1. The normalized spacial score (nSPS) is 18.4. The van der Waals surface area contributed by atoms with Crippen LogP contribution in [0, 0.1) is 17.8 Å². The molecule has 7 heteroatoms. The number of aliphatic carboxylic acids is 1. The van der Waals surface area contributed by atoms with E-state index in [9.17, 15) is 19.5 Å². The van der Waals surface area contributed by atoms with E-state index in [2.05, 4.69) is 34.9 Å². The maximum atomic E-state index is 12.8. The number of benzene rings is 2. The summed E-state index contributed by atoms with van der Waals surface area (Å²) in [6, 6.07) is 15.5. The van der Waals surface area contributed by atoms with E-state index in [-0.39, 0.29) is 30.9 Å². The zero-order valence-electron chi connectivity index (χ0n) is 19.0. The maximum Gasteiger partial charge on any atom is 0.407 e. The van der Waals surface area contributed by atoms with Crippen LogP contribution in [0.1, 0.15) is 49.1 Å². The molecule has 0 radical (unpaired) electrons. The van der Waals surface area contributed by atoms with Gasteiger partial charge >= 0.3 is 12.1 Å². The molecule has 0 spiro atoms. The van der Waals surface area contributed by atoms with Gasteiger partial charge in [-0.1, -0.05) is 61.4 Å². The van der Waals surface area contributed by atoms with E-state index in [0.717, 1.165) is 47.9 Å². The molecular weight excluding hydrogens is 432 g/mol. The van der Waals surface area contributed by atoms with Crippen LogP contribution in [0.2, 0.25) is 0 Å². The number of rotatable bonds is 10. The number of hydrogen-bond acceptors (Lipinski definition) is 4. The van der Waals surface area contributed by atoms with Gasteiger partial charge < -0.3 is 20.5 Å². The molecule has 0 saturated heterocycles. The van der Waals surface area contributed by atoms with Gasteiger partial charge in [-0.15, -0.1) is 0 Å². The molecule has 2 unspecified atom stereocenters. The van der Waals surface area contributed by atoms with Crippen molar-refractivity contribution in [2.75, 3.05) is 13.2 Å². The minimum absolute atomic E-state index is 0.0121. The zero-order valence-corrected chi connectivity index (χ0v) is 19.0. The molecule has 3 aliphatic rings. The Morgan fingerprint density at radius 3 is 2.12 bits per heavy atom. The van der Waals surface area contributed by atoms with Crippen LogP contribution in [-0.2, 0) is 14.3 Å². The second kappa shape index (κ2) is 9.49. The molecule has 0 aliphatic heterocycles. The topological polar surface area (TPSA) is 105 Å². The Bertz CT molecular complexity index is 1050. The van der Waals surface area contributed by atoms with Crippen molar-refractivity contribution in [3.8, 4) is 11.1 Å². The van der Waals surface area contributed by atoms with Crippen molar-refractivity contribution in [1.82, 2.24) is 10.6 Å². The number of alkyl carbamates (subject to hydrolysis) is 1. The number of carbonyl (C=O) groups excluding carboxylic acids is 2. The lowest BCUT2D eigenvalue weighted by Crippen LogP contribution is -2.47. The monoisotopic (exact) mass is 462 g/mol. The molecule has 2 aromatic rings. The van der Waals surface area contributed by atoms with Gasteiger partial charge in [0.05, 0.1) is 5.92 Å². The summed E-state index contributed by atoms with van der Waals surface area (Å²) in [5.41, 5.74) is 4.61. The average Bonchev–Trinajstić information content (AvgIpc) is 3.77. The molecule has 2 saturated carbocycles. The fraction of sp³-hybridized carbons (Fsp3) is 0.444. The van der Waals surface area contributed by atoms with Crippen molar-refractivity contribution in [2.45, 2.75) is 44.1 Å². The lowest BCUT2D eigenvalue weighted by molar-refractivity contribution is -0.143. The number of hydrogen-bond donors (Lipinski definition) is 3. The first kappa shape index (κ1) is 22.4. The van der Waals surface area contributed by atoms with Crippen LogP contribution in [-0.4, -0.2) is 42.3 Å². The first-order valence-electron chi connectivity index (χ1n) is 12.1. The standard InChI is InChI=1S/C27H30N2O5/c30-25(29-24(26(31)32)17-11-12-17)18(13-16-9-10-16)14-28-27(33)34-15-23-21-7-3-1-5-19(21)20-6-2-4-8-22(20)23/h1-8,16-18,23-24H,9-15H2,(H,28,33)(H,29,30)(H,31,32). The quantitative estimate of drug-likeness (QED) is 0.496. The second-order valence-electron chi connectivity index (χ2n) is 9.74. The van der Waals surface area contributed by atoms with Gasteiger partial charge in [-0.2, -0.15) is 0 Å². The van der Waals surface area contributed by atoms with Crippen molar-refractivity contribution >= 4 is 18.0 Å². The summed E-state index contributed by atoms with van der Waals surface area (Å²) in [4.78, 5) is 36.9. The predicted molar refractivity (Wildman–Crippen MR) is 126 cm³/mol. The molecule has 2 aromatic carbocycles. The lowest BCUT2D eigenvalue weighted by atomic mass is 9.98. The SMILES string of the molecule is O=C(NCC(CC1CC1)C(=O)NC(C(=O)O)C1CC1)OCC1c2ccccc2-c2ccccc21. The third-order valence-corrected chi connectivity index (χ3v) is 7.18. The van der Waals surface area contributed by atoms with Gasteiger partial charge in [0.15, 0.2) is 0 Å². The number of nitrogens with one attached hydrogen (secondary N) is 2. The Morgan fingerprint density at radius 2 is 1.56 bits per heavy atom. The molecule has 0 heterocycles. The number of ether oxygens (including phenoxy) is 1. The van der Waals surface area contributed by atoms with Crippen molar-refractivity contribution in [1.29, 1.82) is 0 Å². The van der Waals surface area contributed by atoms with Crippen LogP contribution in [0.4, 0.5) is 4.79 Å². The molecule has 2 amide bonds.